The molecule has 17 rings (SSSR count). The summed E-state index contributed by atoms with van der Waals surface area (Å²) in [6.45, 7) is 8.21. The fraction of sp³-hybridized carbons (Fsp3) is 0.500. The zero-order chi connectivity index (χ0) is 82.3. The fourth-order valence-electron chi connectivity index (χ4n) is 17.8. The van der Waals surface area contributed by atoms with E-state index in [9.17, 15) is 39.6 Å². The maximum absolute atomic E-state index is 14.1. The van der Waals surface area contributed by atoms with Crippen LogP contribution in [0.4, 0.5) is 0 Å². The first-order valence-corrected chi connectivity index (χ1v) is 42.1. The van der Waals surface area contributed by atoms with Crippen LogP contribution in [0.15, 0.2) is 51.1 Å². The molecule has 0 spiro atoms. The van der Waals surface area contributed by atoms with E-state index in [2.05, 4.69) is 5.32 Å². The van der Waals surface area contributed by atoms with Crippen LogP contribution >= 0.6 is 0 Å². The van der Waals surface area contributed by atoms with E-state index in [4.69, 9.17) is 90.0 Å². The van der Waals surface area contributed by atoms with E-state index in [-0.39, 0.29) is 105 Å². The number of morpholine rings is 1. The van der Waals surface area contributed by atoms with E-state index in [0.29, 0.717) is 187 Å². The largest absolute Gasteiger partial charge is 0.493 e. The Morgan fingerprint density at radius 1 is 0.397 bits per heavy atom. The van der Waals surface area contributed by atoms with Crippen LogP contribution in [0.1, 0.15) is 131 Å². The van der Waals surface area contributed by atoms with Crippen LogP contribution < -0.4 is 76.4 Å². The Morgan fingerprint density at radius 3 is 1.01 bits per heavy atom. The molecule has 116 heavy (non-hydrogen) atoms. The molecule has 11 heterocycles. The highest BCUT2D eigenvalue weighted by atomic mass is 32.2. The van der Waals surface area contributed by atoms with Crippen LogP contribution in [-0.4, -0.2) is 261 Å². The van der Waals surface area contributed by atoms with Gasteiger partial charge in [0.15, 0.2) is 69.0 Å². The van der Waals surface area contributed by atoms with Gasteiger partial charge in [-0.2, -0.15) is 12.9 Å². The van der Waals surface area contributed by atoms with Crippen molar-refractivity contribution in [1.82, 2.24) is 32.9 Å². The van der Waals surface area contributed by atoms with Crippen molar-refractivity contribution in [2.75, 3.05) is 191 Å². The number of piperazine rings is 1. The number of nitrogens with one attached hydrogen (secondary N) is 1. The minimum atomic E-state index is -3.98. The van der Waals surface area contributed by atoms with Crippen LogP contribution in [-0.2, 0) is 68.3 Å². The number of carbonyl (C=O) groups is 3. The summed E-state index contributed by atoms with van der Waals surface area (Å²) in [7, 11) is 7.28. The number of cyclic esters (lactones) is 3. The average Bonchev–Trinajstić information content (AvgIpc) is 1.37. The topological polar surface area (TPSA) is 360 Å². The van der Waals surface area contributed by atoms with Gasteiger partial charge in [0.25, 0.3) is 0 Å². The van der Waals surface area contributed by atoms with Gasteiger partial charge in [-0.05, 0) is 75.3 Å². The maximum atomic E-state index is 14.1. The van der Waals surface area contributed by atoms with Crippen LogP contribution in [0.2, 0.25) is 0 Å². The van der Waals surface area contributed by atoms with Gasteiger partial charge in [0.2, 0.25) is 67.7 Å². The lowest BCUT2D eigenvalue weighted by Gasteiger charge is -2.39. The van der Waals surface area contributed by atoms with Gasteiger partial charge in [-0.3, -0.25) is 14.7 Å². The van der Waals surface area contributed by atoms with Crippen molar-refractivity contribution in [2.45, 2.75) is 84.2 Å². The Morgan fingerprint density at radius 2 is 0.698 bits per heavy atom. The van der Waals surface area contributed by atoms with Gasteiger partial charge in [0, 0.05) is 105 Å². The van der Waals surface area contributed by atoms with Gasteiger partial charge < -0.3 is 95.3 Å². The molecule has 6 atom stereocenters. The molecule has 626 valence electrons. The molecule has 0 aliphatic carbocycles. The minimum absolute atomic E-state index is 0.0719. The molecule has 0 saturated carbocycles. The molecule has 0 unspecified atom stereocenters. The van der Waals surface area contributed by atoms with E-state index in [1.54, 1.807) is 50.2 Å². The van der Waals surface area contributed by atoms with Crippen molar-refractivity contribution < 1.29 is 130 Å². The zero-order valence-corrected chi connectivity index (χ0v) is 69.2. The number of nitrogens with zero attached hydrogens (tertiary/aromatic N) is 6. The lowest BCUT2D eigenvalue weighted by atomic mass is 9.85. The van der Waals surface area contributed by atoms with Gasteiger partial charge in [-0.25, -0.2) is 39.6 Å². The van der Waals surface area contributed by atoms with Gasteiger partial charge in [0.05, 0.1) is 95.3 Å². The number of likely N-dealkylation sites (N-methyl/N-ethyl adjacent to an activating group) is 3. The second-order valence-corrected chi connectivity index (χ2v) is 34.1. The normalized spacial score (nSPS) is 21.9. The monoisotopic (exact) mass is 1670 g/mol. The van der Waals surface area contributed by atoms with Crippen LogP contribution in [0.5, 0.6) is 86.2 Å². The number of esters is 3. The molecule has 1 N–H and O–H groups in total. The molecule has 2 saturated heterocycles. The number of carbonyl (C=O) groups excluding carboxylic acids is 3. The summed E-state index contributed by atoms with van der Waals surface area (Å²) in [5, 5.41) is 3.20. The predicted molar refractivity (Wildman–Crippen MR) is 409 cm³/mol. The molecule has 0 radical (unpaired) electrons. The standard InChI is InChI=1S/C26H31N3O9S.C26H30N2O10S.C26H32N2O9S/c1-28-10-7-15-17(19(28)20-14-5-6-16(33-2)21(34-3)18(14)26(30)38-20)22(35-4)23-24(37-13-36-23)25(15)39(31,32)29-11-8-27-9-12-29;1-27-8-7-15-17(19(27)20-14-5-6-16(32-2)21(33-3)18(14)26(29)38-20)22(34-4)23-24(37-13-36-23)25(15)39(30,31)28-9-11-35-12-10-28;1-7-28(8-2)38(30,31)25-15-11-12-27(3)19(17(15)22(34-6)23-24(25)36-13-35-23)20-14-9-10-16(32-4)21(33-5)18(14)26(29)37-20/h5-6,19-20,27H,7-13H2,1-4H3;5-6,19-20H,7-13H2,1-4H3;9-10,19-20H,7-8,11-13H2,1-6H3/t3*19-,20+/m111/s1. The van der Waals surface area contributed by atoms with Crippen molar-refractivity contribution in [1.29, 1.82) is 0 Å². The smallest absolute Gasteiger partial charge is 0.343 e. The van der Waals surface area contributed by atoms with E-state index < -0.39 is 84.4 Å². The van der Waals surface area contributed by atoms with Gasteiger partial charge >= 0.3 is 17.9 Å². The summed E-state index contributed by atoms with van der Waals surface area (Å²) in [5.74, 6) is 2.74. The third kappa shape index (κ3) is 13.0. The minimum Gasteiger partial charge on any atom is -0.493 e. The zero-order valence-electron chi connectivity index (χ0n) is 66.7. The van der Waals surface area contributed by atoms with Gasteiger partial charge in [-0.1, -0.05) is 32.0 Å². The van der Waals surface area contributed by atoms with Crippen molar-refractivity contribution in [3.8, 4) is 86.2 Å². The van der Waals surface area contributed by atoms with E-state index >= 15 is 0 Å². The summed E-state index contributed by atoms with van der Waals surface area (Å²) in [6, 6.07) is 8.79. The molecule has 0 bridgehead atoms. The molecule has 0 aromatic heterocycles. The summed E-state index contributed by atoms with van der Waals surface area (Å²) in [4.78, 5) is 45.9. The molecule has 2 fully saturated rings. The molecule has 35 nitrogen and oxygen atoms in total. The molecule has 11 aliphatic heterocycles. The summed E-state index contributed by atoms with van der Waals surface area (Å²) >= 11 is 0. The number of methoxy groups -OCH3 is 9. The highest BCUT2D eigenvalue weighted by molar-refractivity contribution is 7.90. The quantitative estimate of drug-likeness (QED) is 0.0648. The number of hydrogen-bond acceptors (Lipinski definition) is 32. The Labute approximate surface area is 671 Å². The van der Waals surface area contributed by atoms with E-state index in [1.165, 1.54) is 76.9 Å². The molecule has 11 aliphatic rings. The first kappa shape index (κ1) is 81.4. The first-order chi connectivity index (χ1) is 55.9. The molecule has 6 aromatic rings. The number of ether oxygens (including phenoxy) is 19. The van der Waals surface area contributed by atoms with Crippen LogP contribution in [0.3, 0.4) is 0 Å². The van der Waals surface area contributed by atoms with Crippen molar-refractivity contribution >= 4 is 48.0 Å². The van der Waals surface area contributed by atoms with Crippen LogP contribution in [0.25, 0.3) is 0 Å². The second kappa shape index (κ2) is 32.3. The van der Waals surface area contributed by atoms with Crippen molar-refractivity contribution in [3.63, 3.8) is 0 Å². The Balaban J connectivity index is 0.000000137. The van der Waals surface area contributed by atoms with Gasteiger partial charge in [0.1, 0.15) is 49.7 Å². The van der Waals surface area contributed by atoms with Crippen LogP contribution in [0, 0.1) is 0 Å². The second-order valence-electron chi connectivity index (χ2n) is 28.5. The number of hydrogen-bond donors (Lipinski definition) is 1. The maximum Gasteiger partial charge on any atom is 0.343 e. The Bertz CT molecular complexity index is 5070. The highest BCUT2D eigenvalue weighted by Crippen LogP contribution is 2.63. The predicted octanol–water partition coefficient (Wildman–Crippen LogP) is 6.29. The lowest BCUT2D eigenvalue weighted by molar-refractivity contribution is 0.00788. The number of fused-ring (bicyclic) bond motifs is 9. The van der Waals surface area contributed by atoms with E-state index in [0.717, 1.165) is 0 Å². The summed E-state index contributed by atoms with van der Waals surface area (Å²) in [6.07, 6.45) is -1.04. The molecule has 38 heteroatoms. The fourth-order valence-corrected chi connectivity index (χ4v) is 23.3. The molecule has 6 aromatic carbocycles. The van der Waals surface area contributed by atoms with Gasteiger partial charge in [-0.15, -0.1) is 0 Å². The summed E-state index contributed by atoms with van der Waals surface area (Å²) < 4.78 is 197. The Hall–Kier alpha value is -9.74. The third-order valence-electron chi connectivity index (χ3n) is 23.0. The highest BCUT2D eigenvalue weighted by Gasteiger charge is 2.54. The molecular weight excluding hydrogens is 1580 g/mol. The number of sulfonamides is 3. The Kier molecular flexibility index (Phi) is 22.7. The third-order valence-corrected chi connectivity index (χ3v) is 29.2. The van der Waals surface area contributed by atoms with Crippen molar-refractivity contribution in [3.05, 3.63) is 103 Å². The number of benzene rings is 6. The van der Waals surface area contributed by atoms with Crippen molar-refractivity contribution in [2.24, 2.45) is 0 Å². The molecular formula is C78H93N7O28S3. The van der Waals surface area contributed by atoms with E-state index in [1.807, 2.05) is 35.8 Å². The first-order valence-electron chi connectivity index (χ1n) is 37.7. The lowest BCUT2D eigenvalue weighted by Crippen LogP contribution is -2.47. The number of rotatable bonds is 20. The summed E-state index contributed by atoms with van der Waals surface area (Å²) in [5.41, 5.74) is 6.21. The molecule has 0 amide bonds. The SMILES string of the molecule is CCN(CC)S(=O)(=O)c1c2c(c(OC)c3c1OCO3)[C@H]([C@H]1OC(=O)c3c1ccc(OC)c3OC)N(C)CC2.COc1ccc2c(c1OC)C(=O)O[C@@H]2[C@H]1c2c(c(S(=O)(=O)N3CCNCC3)c3c(c2OC)OCO3)CCN1C.COc1ccc2c(c1OC)C(=O)O[C@@H]2[C@H]1c2c(c(S(=O)(=O)N3CCOCC3)c3c(c2OC)OCO3)CCN1C. The average molecular weight is 1670 g/mol.